The van der Waals surface area contributed by atoms with Gasteiger partial charge in [-0.15, -0.1) is 0 Å². The number of fused-ring (bicyclic) bond motifs is 1. The molecule has 5 rings (SSSR count). The molecule has 0 spiro atoms. The second-order valence-corrected chi connectivity index (χ2v) is 7.65. The van der Waals surface area contributed by atoms with Gasteiger partial charge >= 0.3 is 0 Å². The number of pyridine rings is 3. The Morgan fingerprint density at radius 3 is 2.62 bits per heavy atom. The number of nitrogens with two attached hydrogens (primary N) is 1. The average Bonchev–Trinajstić information content (AvgIpc) is 2.85. The number of carbonyl (C=O) groups excluding carboxylic acids is 1. The highest BCUT2D eigenvalue weighted by molar-refractivity contribution is 6.07. The lowest BCUT2D eigenvalue weighted by molar-refractivity contribution is 0.102. The van der Waals surface area contributed by atoms with Crippen LogP contribution in [0.4, 0.5) is 17.2 Å². The van der Waals surface area contributed by atoms with Crippen molar-refractivity contribution in [2.24, 2.45) is 0 Å². The first kappa shape index (κ1) is 19.9. The molecule has 32 heavy (non-hydrogen) atoms. The summed E-state index contributed by atoms with van der Waals surface area (Å²) in [6, 6.07) is 17.2. The van der Waals surface area contributed by atoms with Crippen LogP contribution in [-0.4, -0.2) is 47.0 Å². The first-order valence-corrected chi connectivity index (χ1v) is 10.5. The monoisotopic (exact) mass is 425 g/mol. The zero-order chi connectivity index (χ0) is 21.9. The summed E-state index contributed by atoms with van der Waals surface area (Å²) in [5, 5.41) is 7.03. The largest absolute Gasteiger partial charge is 0.396 e. The van der Waals surface area contributed by atoms with Gasteiger partial charge in [0.25, 0.3) is 5.91 Å². The summed E-state index contributed by atoms with van der Waals surface area (Å²) in [6.45, 7) is 3.71. The number of carbonyl (C=O) groups is 1. The molecule has 1 amide bonds. The van der Waals surface area contributed by atoms with Crippen LogP contribution in [0, 0.1) is 0 Å². The van der Waals surface area contributed by atoms with E-state index in [1.165, 1.54) is 0 Å². The van der Waals surface area contributed by atoms with E-state index in [2.05, 4.69) is 30.5 Å². The van der Waals surface area contributed by atoms with E-state index < -0.39 is 0 Å². The van der Waals surface area contributed by atoms with Gasteiger partial charge in [-0.25, -0.2) is 9.97 Å². The van der Waals surface area contributed by atoms with Crippen LogP contribution in [0.25, 0.3) is 22.3 Å². The van der Waals surface area contributed by atoms with Crippen LogP contribution in [0.5, 0.6) is 0 Å². The highest BCUT2D eigenvalue weighted by Crippen LogP contribution is 2.25. The fourth-order valence-corrected chi connectivity index (χ4v) is 3.73. The zero-order valence-corrected chi connectivity index (χ0v) is 17.5. The first-order valence-electron chi connectivity index (χ1n) is 10.5. The lowest BCUT2D eigenvalue weighted by Crippen LogP contribution is -2.43. The van der Waals surface area contributed by atoms with Gasteiger partial charge in [-0.1, -0.05) is 30.3 Å². The highest BCUT2D eigenvalue weighted by Gasteiger charge is 2.15. The SMILES string of the molecule is Nc1cnc(-c2ccccc2)cc1NC(=O)c1cnc2nc(N3CCNCC3)ccc2c1. The number of hydrogen-bond acceptors (Lipinski definition) is 7. The predicted molar refractivity (Wildman–Crippen MR) is 127 cm³/mol. The van der Waals surface area contributed by atoms with E-state index >= 15 is 0 Å². The Bertz CT molecular complexity index is 1270. The molecule has 1 fully saturated rings. The van der Waals surface area contributed by atoms with Gasteiger partial charge in [0.2, 0.25) is 0 Å². The Labute approximate surface area is 185 Å². The van der Waals surface area contributed by atoms with E-state index in [0.29, 0.717) is 22.6 Å². The molecule has 1 aliphatic rings. The van der Waals surface area contributed by atoms with Gasteiger partial charge in [0, 0.05) is 43.3 Å². The van der Waals surface area contributed by atoms with Crippen LogP contribution >= 0.6 is 0 Å². The Hall–Kier alpha value is -4.04. The summed E-state index contributed by atoms with van der Waals surface area (Å²) in [5.41, 5.74) is 9.70. The normalized spacial score (nSPS) is 13.8. The summed E-state index contributed by atoms with van der Waals surface area (Å²) >= 11 is 0. The first-order chi connectivity index (χ1) is 15.7. The predicted octanol–water partition coefficient (Wildman–Crippen LogP) is 2.94. The molecule has 0 bridgehead atoms. The molecule has 0 radical (unpaired) electrons. The van der Waals surface area contributed by atoms with Crippen LogP contribution in [-0.2, 0) is 0 Å². The fourth-order valence-electron chi connectivity index (χ4n) is 3.73. The topological polar surface area (TPSA) is 109 Å². The quantitative estimate of drug-likeness (QED) is 0.461. The molecule has 0 unspecified atom stereocenters. The minimum Gasteiger partial charge on any atom is -0.396 e. The van der Waals surface area contributed by atoms with Crippen molar-refractivity contribution in [1.82, 2.24) is 20.3 Å². The van der Waals surface area contributed by atoms with Crippen LogP contribution in [0.2, 0.25) is 0 Å². The molecule has 8 heteroatoms. The molecule has 1 aromatic carbocycles. The maximum absolute atomic E-state index is 12.9. The van der Waals surface area contributed by atoms with E-state index in [1.54, 1.807) is 24.5 Å². The van der Waals surface area contributed by atoms with Gasteiger partial charge < -0.3 is 21.3 Å². The van der Waals surface area contributed by atoms with Crippen LogP contribution in [0.15, 0.2) is 67.0 Å². The second kappa shape index (κ2) is 8.60. The number of nitrogen functional groups attached to an aromatic ring is 1. The molecule has 3 aromatic heterocycles. The van der Waals surface area contributed by atoms with Crippen LogP contribution in [0.3, 0.4) is 0 Å². The smallest absolute Gasteiger partial charge is 0.257 e. The van der Waals surface area contributed by atoms with Gasteiger partial charge in [0.05, 0.1) is 28.8 Å². The fraction of sp³-hybridized carbons (Fsp3) is 0.167. The van der Waals surface area contributed by atoms with Crippen molar-refractivity contribution in [3.8, 4) is 11.3 Å². The van der Waals surface area contributed by atoms with Crippen LogP contribution in [0.1, 0.15) is 10.4 Å². The number of anilines is 3. The lowest BCUT2D eigenvalue weighted by atomic mass is 10.1. The molecular weight excluding hydrogens is 402 g/mol. The summed E-state index contributed by atoms with van der Waals surface area (Å²) in [5.74, 6) is 0.615. The van der Waals surface area contributed by atoms with Gasteiger partial charge in [0.1, 0.15) is 5.82 Å². The highest BCUT2D eigenvalue weighted by atomic mass is 16.1. The van der Waals surface area contributed by atoms with Crippen molar-refractivity contribution in [1.29, 1.82) is 0 Å². The zero-order valence-electron chi connectivity index (χ0n) is 17.5. The van der Waals surface area contributed by atoms with E-state index in [4.69, 9.17) is 5.73 Å². The molecular formula is C24H23N7O. The van der Waals surface area contributed by atoms with E-state index in [9.17, 15) is 4.79 Å². The van der Waals surface area contributed by atoms with Crippen molar-refractivity contribution < 1.29 is 4.79 Å². The molecule has 160 valence electrons. The molecule has 1 saturated heterocycles. The molecule has 8 nitrogen and oxygen atoms in total. The van der Waals surface area contributed by atoms with Crippen molar-refractivity contribution in [3.05, 3.63) is 72.6 Å². The summed E-state index contributed by atoms with van der Waals surface area (Å²) in [7, 11) is 0. The second-order valence-electron chi connectivity index (χ2n) is 7.65. The minimum absolute atomic E-state index is 0.289. The Kier molecular flexibility index (Phi) is 5.35. The molecule has 1 aliphatic heterocycles. The number of rotatable bonds is 4. The van der Waals surface area contributed by atoms with Gasteiger partial charge in [-0.05, 0) is 24.3 Å². The molecule has 4 aromatic rings. The molecule has 0 saturated carbocycles. The Balaban J connectivity index is 1.38. The van der Waals surface area contributed by atoms with Gasteiger partial charge in [-0.3, -0.25) is 9.78 Å². The number of benzene rings is 1. The lowest BCUT2D eigenvalue weighted by Gasteiger charge is -2.28. The average molecular weight is 425 g/mol. The third kappa shape index (κ3) is 4.08. The maximum Gasteiger partial charge on any atom is 0.257 e. The molecule has 4 N–H and O–H groups in total. The molecule has 4 heterocycles. The van der Waals surface area contributed by atoms with Crippen molar-refractivity contribution in [3.63, 3.8) is 0 Å². The Morgan fingerprint density at radius 2 is 1.81 bits per heavy atom. The van der Waals surface area contributed by atoms with Gasteiger partial charge in [-0.2, -0.15) is 0 Å². The third-order valence-corrected chi connectivity index (χ3v) is 5.48. The van der Waals surface area contributed by atoms with Crippen LogP contribution < -0.4 is 21.3 Å². The molecule has 0 aliphatic carbocycles. The third-order valence-electron chi connectivity index (χ3n) is 5.48. The molecule has 0 atom stereocenters. The van der Waals surface area contributed by atoms with E-state index in [-0.39, 0.29) is 5.91 Å². The number of aromatic nitrogens is 3. The number of nitrogens with one attached hydrogen (secondary N) is 2. The minimum atomic E-state index is -0.289. The van der Waals surface area contributed by atoms with Crippen molar-refractivity contribution in [2.75, 3.05) is 42.1 Å². The van der Waals surface area contributed by atoms with E-state index in [1.807, 2.05) is 42.5 Å². The Morgan fingerprint density at radius 1 is 1.00 bits per heavy atom. The van der Waals surface area contributed by atoms with Crippen molar-refractivity contribution >= 4 is 34.1 Å². The van der Waals surface area contributed by atoms with Crippen molar-refractivity contribution in [2.45, 2.75) is 0 Å². The van der Waals surface area contributed by atoms with Gasteiger partial charge in [0.15, 0.2) is 5.65 Å². The maximum atomic E-state index is 12.9. The number of piperazine rings is 1. The number of hydrogen-bond donors (Lipinski definition) is 3. The summed E-state index contributed by atoms with van der Waals surface area (Å²) in [6.07, 6.45) is 3.10. The summed E-state index contributed by atoms with van der Waals surface area (Å²) in [4.78, 5) is 28.6. The summed E-state index contributed by atoms with van der Waals surface area (Å²) < 4.78 is 0. The number of amides is 1. The number of nitrogens with zero attached hydrogens (tertiary/aromatic N) is 4. The standard InChI is InChI=1S/C24H23N7O/c25-19-15-27-20(16-4-2-1-3-5-16)13-21(19)29-24(32)18-12-17-6-7-22(30-23(17)28-14-18)31-10-8-26-9-11-31/h1-7,12-15,26H,8-11,25H2,(H,27,29,32). The van der Waals surface area contributed by atoms with E-state index in [0.717, 1.165) is 48.6 Å².